The van der Waals surface area contributed by atoms with Gasteiger partial charge in [-0.05, 0) is 43.9 Å². The van der Waals surface area contributed by atoms with Crippen LogP contribution in [0.4, 0.5) is 35.4 Å². The van der Waals surface area contributed by atoms with Gasteiger partial charge < -0.3 is 14.4 Å². The lowest BCUT2D eigenvalue weighted by atomic mass is 9.95. The van der Waals surface area contributed by atoms with Crippen molar-refractivity contribution in [2.45, 2.75) is 51.1 Å². The number of fused-ring (bicyclic) bond motifs is 1. The number of carbonyl (C=O) groups excluding carboxylic acids is 1. The van der Waals surface area contributed by atoms with Crippen LogP contribution in [0.15, 0.2) is 22.4 Å². The molecule has 37 heavy (non-hydrogen) atoms. The average Bonchev–Trinajstić information content (AvgIpc) is 3.31. The summed E-state index contributed by atoms with van der Waals surface area (Å²) < 4.78 is 74.6. The van der Waals surface area contributed by atoms with Crippen LogP contribution < -0.4 is 9.62 Å². The third-order valence-corrected chi connectivity index (χ3v) is 7.41. The fourth-order valence-electron chi connectivity index (χ4n) is 3.60. The predicted octanol–water partition coefficient (Wildman–Crippen LogP) is 4.96. The van der Waals surface area contributed by atoms with E-state index in [0.717, 1.165) is 36.2 Å². The van der Waals surface area contributed by atoms with Crippen LogP contribution in [0.5, 0.6) is 0 Å². The molecule has 0 radical (unpaired) electrons. The van der Waals surface area contributed by atoms with E-state index in [9.17, 15) is 26.4 Å². The summed E-state index contributed by atoms with van der Waals surface area (Å²) in [6.07, 6.45) is 3.22. The molecule has 0 saturated heterocycles. The molecule has 1 aliphatic heterocycles. The van der Waals surface area contributed by atoms with Crippen molar-refractivity contribution in [2.75, 3.05) is 36.5 Å². The summed E-state index contributed by atoms with van der Waals surface area (Å²) in [4.78, 5) is 14.0. The zero-order valence-electron chi connectivity index (χ0n) is 20.4. The van der Waals surface area contributed by atoms with Crippen molar-refractivity contribution in [1.29, 1.82) is 0 Å². The van der Waals surface area contributed by atoms with E-state index in [1.54, 1.807) is 4.72 Å². The smallest absolute Gasteiger partial charge is 0.458 e. The molecule has 1 aromatic heterocycles. The first kappa shape index (κ1) is 28.7. The largest absolute Gasteiger partial charge is 0.516 e. The maximum atomic E-state index is 13.2. The van der Waals surface area contributed by atoms with E-state index in [1.165, 1.54) is 19.2 Å². The van der Waals surface area contributed by atoms with Crippen molar-refractivity contribution < 1.29 is 35.9 Å². The number of halogens is 3. The SMILES string of the molecule is CCCCN1c2cc(NS(=O)(=O)C(F)(F)F)c(N=Nc3nnc(C(=O)OCCOC)s3)cc2CCC1C. The van der Waals surface area contributed by atoms with Crippen LogP contribution in [-0.2, 0) is 25.9 Å². The van der Waals surface area contributed by atoms with Crippen molar-refractivity contribution in [3.8, 4) is 0 Å². The van der Waals surface area contributed by atoms with Crippen LogP contribution in [0.1, 0.15) is 48.5 Å². The lowest BCUT2D eigenvalue weighted by Crippen LogP contribution is -2.38. The highest BCUT2D eigenvalue weighted by Crippen LogP contribution is 2.41. The van der Waals surface area contributed by atoms with Gasteiger partial charge in [0.15, 0.2) is 0 Å². The Balaban J connectivity index is 1.96. The normalized spacial score (nSPS) is 16.2. The Hall–Kier alpha value is -2.85. The molecule has 16 heteroatoms. The van der Waals surface area contributed by atoms with Gasteiger partial charge in [-0.1, -0.05) is 24.7 Å². The van der Waals surface area contributed by atoms with Crippen LogP contribution in [0.2, 0.25) is 0 Å². The summed E-state index contributed by atoms with van der Waals surface area (Å²) in [6.45, 7) is 4.92. The summed E-state index contributed by atoms with van der Waals surface area (Å²) in [6, 6.07) is 3.00. The molecule has 2 heterocycles. The molecule has 1 aromatic carbocycles. The molecule has 11 nitrogen and oxygen atoms in total. The van der Waals surface area contributed by atoms with Crippen molar-refractivity contribution in [3.05, 3.63) is 22.7 Å². The Morgan fingerprint density at radius 1 is 1.27 bits per heavy atom. The van der Waals surface area contributed by atoms with E-state index in [2.05, 4.69) is 25.3 Å². The van der Waals surface area contributed by atoms with E-state index in [0.29, 0.717) is 18.7 Å². The number of aromatic nitrogens is 2. The van der Waals surface area contributed by atoms with Gasteiger partial charge in [0, 0.05) is 25.4 Å². The van der Waals surface area contributed by atoms with Gasteiger partial charge in [0.1, 0.15) is 12.3 Å². The number of nitrogens with one attached hydrogen (secondary N) is 1. The Morgan fingerprint density at radius 2 is 2.03 bits per heavy atom. The molecule has 0 fully saturated rings. The van der Waals surface area contributed by atoms with E-state index < -0.39 is 21.5 Å². The molecular formula is C21H27F3N6O5S2. The molecule has 1 atom stereocenters. The molecule has 0 bridgehead atoms. The van der Waals surface area contributed by atoms with Gasteiger partial charge in [-0.25, -0.2) is 4.79 Å². The predicted molar refractivity (Wildman–Crippen MR) is 131 cm³/mol. The van der Waals surface area contributed by atoms with E-state index in [1.807, 2.05) is 13.8 Å². The van der Waals surface area contributed by atoms with Gasteiger partial charge in [0.05, 0.1) is 12.3 Å². The molecule has 0 spiro atoms. The summed E-state index contributed by atoms with van der Waals surface area (Å²) >= 11 is 0.755. The van der Waals surface area contributed by atoms with Gasteiger partial charge in [-0.2, -0.15) is 21.6 Å². The van der Waals surface area contributed by atoms with Crippen molar-refractivity contribution in [1.82, 2.24) is 10.2 Å². The van der Waals surface area contributed by atoms with Gasteiger partial charge in [0.2, 0.25) is 5.01 Å². The van der Waals surface area contributed by atoms with Crippen LogP contribution in [0.25, 0.3) is 0 Å². The number of anilines is 2. The van der Waals surface area contributed by atoms with Crippen molar-refractivity contribution >= 4 is 49.5 Å². The van der Waals surface area contributed by atoms with Crippen LogP contribution >= 0.6 is 11.3 Å². The number of ether oxygens (including phenoxy) is 2. The van der Waals surface area contributed by atoms with Gasteiger partial charge >= 0.3 is 21.5 Å². The molecule has 1 N–H and O–H groups in total. The fourth-order valence-corrected chi connectivity index (χ4v) is 4.73. The molecule has 0 saturated carbocycles. The second-order valence-corrected chi connectivity index (χ2v) is 10.8. The van der Waals surface area contributed by atoms with E-state index in [4.69, 9.17) is 9.47 Å². The van der Waals surface area contributed by atoms with Crippen LogP contribution in [0.3, 0.4) is 0 Å². The summed E-state index contributed by atoms with van der Waals surface area (Å²) in [5, 5.41) is 15.0. The highest BCUT2D eigenvalue weighted by molar-refractivity contribution is 7.93. The Labute approximate surface area is 216 Å². The number of benzene rings is 1. The minimum absolute atomic E-state index is 0.0114. The summed E-state index contributed by atoms with van der Waals surface area (Å²) in [7, 11) is -4.27. The molecular weight excluding hydrogens is 537 g/mol. The number of alkyl halides is 3. The zero-order chi connectivity index (χ0) is 27.2. The van der Waals surface area contributed by atoms with E-state index >= 15 is 0 Å². The lowest BCUT2D eigenvalue weighted by molar-refractivity contribution is -0.0429. The van der Waals surface area contributed by atoms with Crippen LogP contribution in [0, 0.1) is 0 Å². The number of esters is 1. The topological polar surface area (TPSA) is 135 Å². The monoisotopic (exact) mass is 564 g/mol. The second-order valence-electron chi connectivity index (χ2n) is 8.20. The number of nitrogens with zero attached hydrogens (tertiary/aromatic N) is 5. The minimum atomic E-state index is -5.72. The molecule has 0 aliphatic carbocycles. The minimum Gasteiger partial charge on any atom is -0.458 e. The Bertz CT molecular complexity index is 1240. The Kier molecular flexibility index (Phi) is 9.41. The lowest BCUT2D eigenvalue weighted by Gasteiger charge is -2.37. The number of azo groups is 1. The highest BCUT2D eigenvalue weighted by atomic mass is 32.2. The molecule has 0 amide bonds. The first-order valence-electron chi connectivity index (χ1n) is 11.4. The van der Waals surface area contributed by atoms with Crippen molar-refractivity contribution in [3.63, 3.8) is 0 Å². The quantitative estimate of drug-likeness (QED) is 0.230. The number of aryl methyl sites for hydroxylation is 1. The standard InChI is InChI=1S/C21H27F3N6O5S2/c1-4-5-8-30-13(2)6-7-14-11-15(16(12-17(14)30)29-37(32,33)21(22,23)24)25-27-20-28-26-18(36-20)19(31)35-10-9-34-3/h11-13,29H,4-10H2,1-3H3. The molecule has 1 aliphatic rings. The number of methoxy groups -OCH3 is 1. The van der Waals surface area contributed by atoms with Gasteiger partial charge in [-0.3, -0.25) is 4.72 Å². The summed E-state index contributed by atoms with van der Waals surface area (Å²) in [5.74, 6) is -0.746. The summed E-state index contributed by atoms with van der Waals surface area (Å²) in [5.41, 5.74) is -4.58. The molecule has 1 unspecified atom stereocenters. The second kappa shape index (κ2) is 12.1. The number of carbonyl (C=O) groups is 1. The maximum Gasteiger partial charge on any atom is 0.516 e. The van der Waals surface area contributed by atoms with Gasteiger partial charge in [0.25, 0.3) is 5.13 Å². The average molecular weight is 565 g/mol. The van der Waals surface area contributed by atoms with E-state index in [-0.39, 0.29) is 40.8 Å². The number of hydrogen-bond donors (Lipinski definition) is 1. The number of rotatable bonds is 11. The molecule has 2 aromatic rings. The third kappa shape index (κ3) is 7.13. The van der Waals surface area contributed by atoms with Gasteiger partial charge in [-0.15, -0.1) is 20.4 Å². The Morgan fingerprint density at radius 3 is 2.70 bits per heavy atom. The highest BCUT2D eigenvalue weighted by Gasteiger charge is 2.46. The molecule has 3 rings (SSSR count). The number of sulfonamides is 1. The number of unbranched alkanes of at least 4 members (excludes halogenated alkanes) is 1. The van der Waals surface area contributed by atoms with Crippen LogP contribution in [-0.4, -0.2) is 63.0 Å². The first-order valence-corrected chi connectivity index (χ1v) is 13.7. The fraction of sp³-hybridized carbons (Fsp3) is 0.571. The third-order valence-electron chi connectivity index (χ3n) is 5.52. The maximum absolute atomic E-state index is 13.2. The van der Waals surface area contributed by atoms with Crippen molar-refractivity contribution in [2.24, 2.45) is 10.2 Å². The first-order chi connectivity index (χ1) is 17.5. The zero-order valence-corrected chi connectivity index (χ0v) is 22.0. The molecule has 204 valence electrons. The number of hydrogen-bond acceptors (Lipinski definition) is 11.